The second kappa shape index (κ2) is 7.69. The largest absolute Gasteiger partial charge is 0.449 e. The Morgan fingerprint density at radius 1 is 1.36 bits per heavy atom. The predicted octanol–water partition coefficient (Wildman–Crippen LogP) is 1.35. The molecule has 0 unspecified atom stereocenters. The van der Waals surface area contributed by atoms with Gasteiger partial charge < -0.3 is 10.1 Å². The number of halogens is 1. The molecule has 0 spiro atoms. The lowest BCUT2D eigenvalue weighted by atomic mass is 10.2. The number of hydrogen-bond donors (Lipinski definition) is 1. The monoisotopic (exact) mass is 390 g/mol. The highest BCUT2D eigenvalue weighted by Gasteiger charge is 2.29. The molecule has 1 aliphatic carbocycles. The average molecular weight is 391 g/mol. The Bertz CT molecular complexity index is 778. The van der Waals surface area contributed by atoms with Crippen molar-refractivity contribution in [2.24, 2.45) is 0 Å². The maximum absolute atomic E-state index is 12.3. The summed E-state index contributed by atoms with van der Waals surface area (Å²) >= 11 is 5.97. The van der Waals surface area contributed by atoms with Gasteiger partial charge in [0.1, 0.15) is 0 Å². The van der Waals surface area contributed by atoms with E-state index in [0.29, 0.717) is 4.47 Å². The van der Waals surface area contributed by atoms with E-state index in [1.165, 1.54) is 33.2 Å². The first-order valence-corrected chi connectivity index (χ1v) is 9.32. The highest BCUT2D eigenvalue weighted by atomic mass is 35.5. The van der Waals surface area contributed by atoms with E-state index in [-0.39, 0.29) is 21.5 Å². The van der Waals surface area contributed by atoms with Gasteiger partial charge in [-0.3, -0.25) is 9.63 Å². The normalized spacial score (nSPS) is 15.7. The number of carbonyl (C=O) groups is 2. The minimum Gasteiger partial charge on any atom is -0.449 e. The van der Waals surface area contributed by atoms with E-state index in [1.54, 1.807) is 0 Å². The maximum atomic E-state index is 12.3. The van der Waals surface area contributed by atoms with Crippen molar-refractivity contribution < 1.29 is 27.6 Å². The van der Waals surface area contributed by atoms with Gasteiger partial charge in [-0.1, -0.05) is 16.1 Å². The quantitative estimate of drug-likeness (QED) is 0.557. The van der Waals surface area contributed by atoms with Crippen molar-refractivity contribution in [2.45, 2.75) is 36.8 Å². The molecule has 138 valence electrons. The topological polar surface area (TPSA) is 102 Å². The van der Waals surface area contributed by atoms with Gasteiger partial charge in [-0.05, 0) is 38.0 Å². The molecule has 0 radical (unpaired) electrons. The molecule has 25 heavy (non-hydrogen) atoms. The Morgan fingerprint density at radius 2 is 2.00 bits per heavy atom. The maximum Gasteiger partial charge on any atom is 0.340 e. The number of nitrogens with zero attached hydrogens (tertiary/aromatic N) is 1. The fourth-order valence-corrected chi connectivity index (χ4v) is 3.09. The van der Waals surface area contributed by atoms with Crippen LogP contribution in [0.2, 0.25) is 5.02 Å². The van der Waals surface area contributed by atoms with E-state index in [4.69, 9.17) is 16.3 Å². The van der Waals surface area contributed by atoms with Crippen LogP contribution >= 0.6 is 11.6 Å². The number of hydroxylamine groups is 1. The Morgan fingerprint density at radius 3 is 2.56 bits per heavy atom. The molecule has 1 aliphatic rings. The van der Waals surface area contributed by atoms with Crippen molar-refractivity contribution >= 4 is 33.5 Å². The van der Waals surface area contributed by atoms with Crippen LogP contribution in [-0.2, 0) is 24.4 Å². The van der Waals surface area contributed by atoms with E-state index in [2.05, 4.69) is 10.2 Å². The summed E-state index contributed by atoms with van der Waals surface area (Å²) < 4.78 is 30.2. The zero-order chi connectivity index (χ0) is 18.8. The molecule has 1 fully saturated rings. The van der Waals surface area contributed by atoms with Gasteiger partial charge in [-0.15, -0.1) is 0 Å². The van der Waals surface area contributed by atoms with Crippen LogP contribution in [0.3, 0.4) is 0 Å². The summed E-state index contributed by atoms with van der Waals surface area (Å²) in [5.74, 6) is -1.30. The highest BCUT2D eigenvalue weighted by Crippen LogP contribution is 2.24. The molecule has 10 heteroatoms. The third kappa shape index (κ3) is 4.69. The SMILES string of the molecule is CON(C)S(=O)(=O)c1ccc(Cl)c(C(=O)O[C@@H](C)C(=O)NC2CC2)c1. The van der Waals surface area contributed by atoms with Crippen LogP contribution in [-0.4, -0.2) is 51.1 Å². The number of hydrogen-bond acceptors (Lipinski definition) is 6. The zero-order valence-electron chi connectivity index (χ0n) is 14.0. The van der Waals surface area contributed by atoms with E-state index >= 15 is 0 Å². The van der Waals surface area contributed by atoms with Gasteiger partial charge in [-0.2, -0.15) is 0 Å². The molecule has 0 aromatic heterocycles. The number of carbonyl (C=O) groups excluding carboxylic acids is 2. The van der Waals surface area contributed by atoms with Crippen LogP contribution in [0.1, 0.15) is 30.1 Å². The van der Waals surface area contributed by atoms with Crippen molar-refractivity contribution in [3.05, 3.63) is 28.8 Å². The standard InChI is InChI=1S/C15H19ClN2O6S/c1-9(14(19)17-10-4-5-10)24-15(20)12-8-11(6-7-13(12)16)25(21,22)18(2)23-3/h6-10H,4-5H2,1-3H3,(H,17,19)/t9-/m0/s1. The van der Waals surface area contributed by atoms with Crippen LogP contribution in [0, 0.1) is 0 Å². The minimum atomic E-state index is -3.95. The van der Waals surface area contributed by atoms with Gasteiger partial charge in [0, 0.05) is 13.1 Å². The van der Waals surface area contributed by atoms with Crippen molar-refractivity contribution in [1.82, 2.24) is 9.79 Å². The Hall–Kier alpha value is -1.68. The molecule has 2 rings (SSSR count). The zero-order valence-corrected chi connectivity index (χ0v) is 15.6. The van der Waals surface area contributed by atoms with Crippen molar-refractivity contribution in [3.8, 4) is 0 Å². The molecule has 1 amide bonds. The first-order valence-electron chi connectivity index (χ1n) is 7.50. The van der Waals surface area contributed by atoms with Gasteiger partial charge in [0.25, 0.3) is 15.9 Å². The lowest BCUT2D eigenvalue weighted by Gasteiger charge is -2.16. The molecule has 1 aromatic carbocycles. The number of nitrogens with one attached hydrogen (secondary N) is 1. The summed E-state index contributed by atoms with van der Waals surface area (Å²) in [7, 11) is -1.54. The van der Waals surface area contributed by atoms with E-state index in [1.807, 2.05) is 0 Å². The molecule has 1 atom stereocenters. The van der Waals surface area contributed by atoms with Gasteiger partial charge in [-0.25, -0.2) is 13.2 Å². The molecular weight excluding hydrogens is 372 g/mol. The van der Waals surface area contributed by atoms with E-state index in [9.17, 15) is 18.0 Å². The summed E-state index contributed by atoms with van der Waals surface area (Å²) in [5.41, 5.74) is -0.154. The lowest BCUT2D eigenvalue weighted by molar-refractivity contribution is -0.129. The third-order valence-corrected chi connectivity index (χ3v) is 5.63. The molecule has 1 aromatic rings. The van der Waals surface area contributed by atoms with Gasteiger partial charge in [0.2, 0.25) is 0 Å². The molecule has 1 saturated carbocycles. The fourth-order valence-electron chi connectivity index (χ4n) is 1.89. The smallest absolute Gasteiger partial charge is 0.340 e. The number of benzene rings is 1. The number of sulfonamides is 1. The van der Waals surface area contributed by atoms with Crippen molar-refractivity contribution in [3.63, 3.8) is 0 Å². The summed E-state index contributed by atoms with van der Waals surface area (Å²) in [6.07, 6.45) is 0.794. The van der Waals surface area contributed by atoms with Gasteiger partial charge >= 0.3 is 5.97 Å². The van der Waals surface area contributed by atoms with Gasteiger partial charge in [0.05, 0.1) is 22.6 Å². The van der Waals surface area contributed by atoms with Crippen molar-refractivity contribution in [2.75, 3.05) is 14.2 Å². The van der Waals surface area contributed by atoms with Crippen LogP contribution in [0.15, 0.2) is 23.1 Å². The van der Waals surface area contributed by atoms with Gasteiger partial charge in [0.15, 0.2) is 6.10 Å². The Labute approximate surface area is 151 Å². The van der Waals surface area contributed by atoms with Crippen LogP contribution in [0.4, 0.5) is 0 Å². The second-order valence-electron chi connectivity index (χ2n) is 5.57. The molecule has 0 heterocycles. The summed E-state index contributed by atoms with van der Waals surface area (Å²) in [5, 5.41) is 2.73. The molecule has 1 N–H and O–H groups in total. The van der Waals surface area contributed by atoms with Crippen LogP contribution in [0.25, 0.3) is 0 Å². The predicted molar refractivity (Wildman–Crippen MR) is 89.5 cm³/mol. The molecular formula is C15H19ClN2O6S. The van der Waals surface area contributed by atoms with Crippen LogP contribution < -0.4 is 5.32 Å². The minimum absolute atomic E-state index is 0.0128. The first kappa shape index (κ1) is 19.6. The third-order valence-electron chi connectivity index (χ3n) is 3.63. The fraction of sp³-hybridized carbons (Fsp3) is 0.467. The van der Waals surface area contributed by atoms with E-state index < -0.39 is 28.0 Å². The molecule has 0 saturated heterocycles. The lowest BCUT2D eigenvalue weighted by Crippen LogP contribution is -2.37. The van der Waals surface area contributed by atoms with Crippen molar-refractivity contribution in [1.29, 1.82) is 0 Å². The number of amides is 1. The summed E-state index contributed by atoms with van der Waals surface area (Å²) in [6.45, 7) is 1.43. The second-order valence-corrected chi connectivity index (χ2v) is 7.91. The number of esters is 1. The first-order chi connectivity index (χ1) is 11.7. The summed E-state index contributed by atoms with van der Waals surface area (Å²) in [6, 6.07) is 3.73. The van der Waals surface area contributed by atoms with E-state index in [0.717, 1.165) is 18.9 Å². The number of rotatable bonds is 7. The summed E-state index contributed by atoms with van der Waals surface area (Å²) in [4.78, 5) is 28.6. The Kier molecular flexibility index (Phi) is 6.04. The molecule has 0 bridgehead atoms. The van der Waals surface area contributed by atoms with Crippen LogP contribution in [0.5, 0.6) is 0 Å². The molecule has 8 nitrogen and oxygen atoms in total. The molecule has 0 aliphatic heterocycles. The average Bonchev–Trinajstić information content (AvgIpc) is 3.37. The highest BCUT2D eigenvalue weighted by molar-refractivity contribution is 7.89. The number of ether oxygens (including phenoxy) is 1. The Balaban J connectivity index is 2.18.